The minimum Gasteiger partial charge on any atom is -0.366 e. The second-order valence-corrected chi connectivity index (χ2v) is 4.14. The van der Waals surface area contributed by atoms with Gasteiger partial charge in [0.1, 0.15) is 0 Å². The maximum atomic E-state index is 10.9. The van der Waals surface area contributed by atoms with Gasteiger partial charge in [0.05, 0.1) is 0 Å². The molecule has 1 aromatic rings. The van der Waals surface area contributed by atoms with E-state index in [-0.39, 0.29) is 0 Å². The van der Waals surface area contributed by atoms with Crippen molar-refractivity contribution in [1.82, 2.24) is 0 Å². The van der Waals surface area contributed by atoms with Crippen molar-refractivity contribution in [2.45, 2.75) is 20.3 Å². The summed E-state index contributed by atoms with van der Waals surface area (Å²) in [6.07, 6.45) is 1.04. The van der Waals surface area contributed by atoms with Crippen LogP contribution in [0.2, 0.25) is 0 Å². The van der Waals surface area contributed by atoms with Gasteiger partial charge in [0.15, 0.2) is 0 Å². The molecule has 0 saturated carbocycles. The predicted molar refractivity (Wildman–Crippen MR) is 63.2 cm³/mol. The molecule has 1 amide bonds. The highest BCUT2D eigenvalue weighted by Crippen LogP contribution is 2.15. The molecule has 0 aliphatic rings. The van der Waals surface area contributed by atoms with Gasteiger partial charge < -0.3 is 5.73 Å². The van der Waals surface area contributed by atoms with Crippen LogP contribution in [0.25, 0.3) is 5.57 Å². The van der Waals surface area contributed by atoms with Crippen LogP contribution in [0.4, 0.5) is 0 Å². The number of benzene rings is 1. The molecule has 0 aromatic heterocycles. The van der Waals surface area contributed by atoms with Gasteiger partial charge in [0, 0.05) is 5.57 Å². The number of carbonyl (C=O) groups excluding carboxylic acids is 1. The van der Waals surface area contributed by atoms with E-state index in [0.29, 0.717) is 11.5 Å². The molecule has 2 nitrogen and oxygen atoms in total. The van der Waals surface area contributed by atoms with Crippen molar-refractivity contribution < 1.29 is 4.79 Å². The Morgan fingerprint density at radius 2 is 1.87 bits per heavy atom. The van der Waals surface area contributed by atoms with E-state index in [1.54, 1.807) is 0 Å². The lowest BCUT2D eigenvalue weighted by molar-refractivity contribution is -0.112. The summed E-state index contributed by atoms with van der Waals surface area (Å²) >= 11 is 0. The highest BCUT2D eigenvalue weighted by atomic mass is 16.1. The average molecular weight is 203 g/mol. The molecule has 2 heteroatoms. The minimum absolute atomic E-state index is 0.367. The van der Waals surface area contributed by atoms with Crippen LogP contribution in [0.3, 0.4) is 0 Å². The normalized spacial score (nSPS) is 10.3. The quantitative estimate of drug-likeness (QED) is 0.750. The first-order valence-electron chi connectivity index (χ1n) is 5.08. The third kappa shape index (κ3) is 3.24. The average Bonchev–Trinajstić information content (AvgIpc) is 2.17. The van der Waals surface area contributed by atoms with E-state index in [9.17, 15) is 4.79 Å². The lowest BCUT2D eigenvalue weighted by Crippen LogP contribution is -2.11. The van der Waals surface area contributed by atoms with Crippen molar-refractivity contribution in [2.75, 3.05) is 0 Å². The van der Waals surface area contributed by atoms with Crippen molar-refractivity contribution in [2.24, 2.45) is 11.7 Å². The fourth-order valence-electron chi connectivity index (χ4n) is 1.46. The van der Waals surface area contributed by atoms with Crippen molar-refractivity contribution in [3.05, 3.63) is 42.0 Å². The van der Waals surface area contributed by atoms with Crippen LogP contribution in [0.1, 0.15) is 25.0 Å². The number of hydrogen-bond acceptors (Lipinski definition) is 1. The monoisotopic (exact) mass is 203 g/mol. The zero-order valence-electron chi connectivity index (χ0n) is 9.29. The highest BCUT2D eigenvalue weighted by molar-refractivity contribution is 6.17. The van der Waals surface area contributed by atoms with Gasteiger partial charge in [-0.05, 0) is 23.5 Å². The van der Waals surface area contributed by atoms with Crippen molar-refractivity contribution in [3.63, 3.8) is 0 Å². The predicted octanol–water partition coefficient (Wildman–Crippen LogP) is 2.38. The van der Waals surface area contributed by atoms with Crippen molar-refractivity contribution in [3.8, 4) is 0 Å². The third-order valence-electron chi connectivity index (χ3n) is 2.24. The molecule has 1 rings (SSSR count). The fourth-order valence-corrected chi connectivity index (χ4v) is 1.46. The summed E-state index contributed by atoms with van der Waals surface area (Å²) in [6, 6.07) is 7.82. The standard InChI is InChI=1S/C13H17NO/c1-9(2)8-11-4-6-12(7-5-11)10(3)13(14)15/h4-7,9H,3,8H2,1-2H3,(H2,14,15). The van der Waals surface area contributed by atoms with Gasteiger partial charge in [0.2, 0.25) is 5.91 Å². The van der Waals surface area contributed by atoms with E-state index in [1.807, 2.05) is 24.3 Å². The second kappa shape index (κ2) is 4.78. The van der Waals surface area contributed by atoms with Gasteiger partial charge in [-0.25, -0.2) is 0 Å². The smallest absolute Gasteiger partial charge is 0.248 e. The van der Waals surface area contributed by atoms with Gasteiger partial charge in [-0.15, -0.1) is 0 Å². The molecule has 15 heavy (non-hydrogen) atoms. The van der Waals surface area contributed by atoms with Gasteiger partial charge in [-0.1, -0.05) is 44.7 Å². The maximum absolute atomic E-state index is 10.9. The molecule has 0 heterocycles. The molecule has 0 atom stereocenters. The van der Waals surface area contributed by atoms with Crippen LogP contribution < -0.4 is 5.73 Å². The van der Waals surface area contributed by atoms with Crippen LogP contribution in [-0.2, 0) is 11.2 Å². The zero-order chi connectivity index (χ0) is 11.4. The first-order valence-corrected chi connectivity index (χ1v) is 5.08. The van der Waals surface area contributed by atoms with E-state index in [4.69, 9.17) is 5.73 Å². The molecule has 0 saturated heterocycles. The van der Waals surface area contributed by atoms with E-state index < -0.39 is 5.91 Å². The van der Waals surface area contributed by atoms with Gasteiger partial charge >= 0.3 is 0 Å². The molecule has 0 spiro atoms. The number of carbonyl (C=O) groups is 1. The highest BCUT2D eigenvalue weighted by Gasteiger charge is 2.04. The molecule has 1 aromatic carbocycles. The molecule has 0 radical (unpaired) electrons. The molecule has 0 aliphatic carbocycles. The lowest BCUT2D eigenvalue weighted by atomic mass is 9.99. The first-order chi connectivity index (χ1) is 7.00. The Bertz CT molecular complexity index is 363. The molecule has 0 fully saturated rings. The molecular formula is C13H17NO. The van der Waals surface area contributed by atoms with Crippen LogP contribution in [0, 0.1) is 5.92 Å². The van der Waals surface area contributed by atoms with Crippen LogP contribution in [0.5, 0.6) is 0 Å². The zero-order valence-corrected chi connectivity index (χ0v) is 9.29. The summed E-state index contributed by atoms with van der Waals surface area (Å²) in [4.78, 5) is 10.9. The Morgan fingerprint density at radius 3 is 2.27 bits per heavy atom. The van der Waals surface area contributed by atoms with Crippen LogP contribution in [-0.4, -0.2) is 5.91 Å². The van der Waals surface area contributed by atoms with E-state index >= 15 is 0 Å². The maximum Gasteiger partial charge on any atom is 0.248 e. The first kappa shape index (κ1) is 11.5. The Balaban J connectivity index is 2.81. The number of hydrogen-bond donors (Lipinski definition) is 1. The molecule has 0 aliphatic heterocycles. The minimum atomic E-state index is -0.466. The Kier molecular flexibility index (Phi) is 3.67. The van der Waals surface area contributed by atoms with E-state index in [2.05, 4.69) is 20.4 Å². The van der Waals surface area contributed by atoms with Crippen LogP contribution in [0.15, 0.2) is 30.8 Å². The Morgan fingerprint density at radius 1 is 1.33 bits per heavy atom. The third-order valence-corrected chi connectivity index (χ3v) is 2.24. The summed E-state index contributed by atoms with van der Waals surface area (Å²) in [7, 11) is 0. The van der Waals surface area contributed by atoms with Crippen molar-refractivity contribution in [1.29, 1.82) is 0 Å². The van der Waals surface area contributed by atoms with Gasteiger partial charge in [-0.3, -0.25) is 4.79 Å². The number of nitrogens with two attached hydrogens (primary N) is 1. The van der Waals surface area contributed by atoms with Crippen molar-refractivity contribution >= 4 is 11.5 Å². The van der Waals surface area contributed by atoms with E-state index in [1.165, 1.54) is 5.56 Å². The molecule has 80 valence electrons. The second-order valence-electron chi connectivity index (χ2n) is 4.14. The summed E-state index contributed by atoms with van der Waals surface area (Å²) in [5.74, 6) is 0.168. The molecule has 0 bridgehead atoms. The summed E-state index contributed by atoms with van der Waals surface area (Å²) in [5, 5.41) is 0. The van der Waals surface area contributed by atoms with Gasteiger partial charge in [-0.2, -0.15) is 0 Å². The largest absolute Gasteiger partial charge is 0.366 e. The molecule has 0 unspecified atom stereocenters. The number of rotatable bonds is 4. The van der Waals surface area contributed by atoms with Gasteiger partial charge in [0.25, 0.3) is 0 Å². The Hall–Kier alpha value is -1.57. The Labute approximate surface area is 90.8 Å². The topological polar surface area (TPSA) is 43.1 Å². The summed E-state index contributed by atoms with van der Waals surface area (Å²) in [5.41, 5.74) is 7.59. The number of primary amides is 1. The fraction of sp³-hybridized carbons (Fsp3) is 0.308. The molecular weight excluding hydrogens is 186 g/mol. The summed E-state index contributed by atoms with van der Waals surface area (Å²) in [6.45, 7) is 7.99. The summed E-state index contributed by atoms with van der Waals surface area (Å²) < 4.78 is 0. The van der Waals surface area contributed by atoms with E-state index in [0.717, 1.165) is 12.0 Å². The lowest BCUT2D eigenvalue weighted by Gasteiger charge is -2.06. The molecule has 2 N–H and O–H groups in total. The van der Waals surface area contributed by atoms with Crippen LogP contribution >= 0.6 is 0 Å². The SMILES string of the molecule is C=C(C(N)=O)c1ccc(CC(C)C)cc1. The number of amides is 1.